The van der Waals surface area contributed by atoms with Crippen LogP contribution in [0.15, 0.2) is 37.4 Å². The summed E-state index contributed by atoms with van der Waals surface area (Å²) in [5, 5.41) is 22.7. The Kier molecular flexibility index (Phi) is 5.17. The summed E-state index contributed by atoms with van der Waals surface area (Å²) in [4.78, 5) is 45.3. The van der Waals surface area contributed by atoms with Crippen LogP contribution in [0.5, 0.6) is 0 Å². The van der Waals surface area contributed by atoms with Crippen molar-refractivity contribution in [2.75, 3.05) is 10.6 Å². The highest BCUT2D eigenvalue weighted by molar-refractivity contribution is 6.14. The molecule has 1 aromatic carbocycles. The molecule has 0 fully saturated rings. The topological polar surface area (TPSA) is 133 Å². The number of amides is 2. The molecule has 0 aliphatic heterocycles. The minimum atomic E-state index is -1.58. The summed E-state index contributed by atoms with van der Waals surface area (Å²) >= 11 is 0. The molecule has 0 spiro atoms. The zero-order valence-corrected chi connectivity index (χ0v) is 11.3. The zero-order valence-electron chi connectivity index (χ0n) is 11.3. The van der Waals surface area contributed by atoms with Gasteiger partial charge in [0.1, 0.15) is 0 Å². The van der Waals surface area contributed by atoms with Crippen LogP contribution in [0.2, 0.25) is 0 Å². The van der Waals surface area contributed by atoms with Crippen molar-refractivity contribution < 1.29 is 29.4 Å². The summed E-state index contributed by atoms with van der Waals surface area (Å²) in [5.41, 5.74) is -1.64. The maximum atomic E-state index is 11.4. The minimum absolute atomic E-state index is 0.0810. The first-order chi connectivity index (χ1) is 10.3. The predicted octanol–water partition coefficient (Wildman–Crippen LogP) is 1.33. The highest BCUT2D eigenvalue weighted by Gasteiger charge is 2.24. The molecule has 8 heteroatoms. The molecule has 1 rings (SSSR count). The first-order valence-corrected chi connectivity index (χ1v) is 5.82. The van der Waals surface area contributed by atoms with Gasteiger partial charge in [-0.15, -0.1) is 0 Å². The molecule has 0 atom stereocenters. The quantitative estimate of drug-likeness (QED) is 0.586. The van der Waals surface area contributed by atoms with E-state index in [2.05, 4.69) is 23.8 Å². The fraction of sp³-hybridized carbons (Fsp3) is 0. The molecule has 4 N–H and O–H groups in total. The monoisotopic (exact) mass is 304 g/mol. The van der Waals surface area contributed by atoms with Gasteiger partial charge in [0.15, 0.2) is 0 Å². The van der Waals surface area contributed by atoms with E-state index in [9.17, 15) is 24.3 Å². The molecule has 0 saturated carbocycles. The second-order valence-electron chi connectivity index (χ2n) is 3.91. The highest BCUT2D eigenvalue weighted by Crippen LogP contribution is 2.30. The molecule has 0 bridgehead atoms. The van der Waals surface area contributed by atoms with E-state index < -0.39 is 34.9 Å². The number of benzene rings is 1. The van der Waals surface area contributed by atoms with Gasteiger partial charge in [0.2, 0.25) is 11.8 Å². The van der Waals surface area contributed by atoms with Gasteiger partial charge in [-0.1, -0.05) is 13.2 Å². The smallest absolute Gasteiger partial charge is 0.338 e. The summed E-state index contributed by atoms with van der Waals surface area (Å²) in [6.07, 6.45) is 1.81. The fourth-order valence-electron chi connectivity index (χ4n) is 1.60. The van der Waals surface area contributed by atoms with E-state index in [1.165, 1.54) is 0 Å². The molecule has 8 nitrogen and oxygen atoms in total. The van der Waals surface area contributed by atoms with Crippen LogP contribution in [0, 0.1) is 0 Å². The molecule has 0 aromatic heterocycles. The Bertz CT molecular complexity index is 693. The third-order valence-electron chi connectivity index (χ3n) is 2.53. The standard InChI is InChI=1S/C14H12N2O6/c1-3-9(17)15-8-6-5-7(13(19)20)11(14(21)22)12(8)16-10(18)4-2/h3-6H,1-2H2,(H,15,17)(H,16,18)(H,19,20)(H,21,22). The van der Waals surface area contributed by atoms with Gasteiger partial charge in [0.05, 0.1) is 22.5 Å². The minimum Gasteiger partial charge on any atom is -0.478 e. The fourth-order valence-corrected chi connectivity index (χ4v) is 1.60. The Morgan fingerprint density at radius 3 is 1.91 bits per heavy atom. The maximum absolute atomic E-state index is 11.4. The Morgan fingerprint density at radius 1 is 0.909 bits per heavy atom. The molecule has 0 aliphatic carbocycles. The van der Waals surface area contributed by atoms with Gasteiger partial charge in [0.25, 0.3) is 0 Å². The Labute approximate surface area is 124 Å². The van der Waals surface area contributed by atoms with Crippen molar-refractivity contribution in [1.29, 1.82) is 0 Å². The van der Waals surface area contributed by atoms with Gasteiger partial charge < -0.3 is 20.8 Å². The summed E-state index contributed by atoms with van der Waals surface area (Å²) in [6.45, 7) is 6.46. The molecule has 0 saturated heterocycles. The van der Waals surface area contributed by atoms with Gasteiger partial charge in [-0.25, -0.2) is 9.59 Å². The SMILES string of the molecule is C=CC(=O)Nc1ccc(C(=O)O)c(C(=O)O)c1NC(=O)C=C. The van der Waals surface area contributed by atoms with Crippen LogP contribution in [0.1, 0.15) is 20.7 Å². The van der Waals surface area contributed by atoms with Crippen molar-refractivity contribution in [3.05, 3.63) is 48.6 Å². The lowest BCUT2D eigenvalue weighted by Crippen LogP contribution is -2.19. The lowest BCUT2D eigenvalue weighted by atomic mass is 10.0. The van der Waals surface area contributed by atoms with E-state index >= 15 is 0 Å². The summed E-state index contributed by atoms with van der Waals surface area (Å²) < 4.78 is 0. The highest BCUT2D eigenvalue weighted by atomic mass is 16.4. The number of carbonyl (C=O) groups excluding carboxylic acids is 2. The number of aromatic carboxylic acids is 2. The summed E-state index contributed by atoms with van der Waals surface area (Å²) in [7, 11) is 0. The van der Waals surface area contributed by atoms with Crippen molar-refractivity contribution in [1.82, 2.24) is 0 Å². The van der Waals surface area contributed by atoms with E-state index in [1.807, 2.05) is 0 Å². The third-order valence-corrected chi connectivity index (χ3v) is 2.53. The van der Waals surface area contributed by atoms with Crippen molar-refractivity contribution in [3.8, 4) is 0 Å². The van der Waals surface area contributed by atoms with E-state index in [-0.39, 0.29) is 11.4 Å². The van der Waals surface area contributed by atoms with E-state index in [0.717, 1.165) is 24.3 Å². The van der Waals surface area contributed by atoms with Gasteiger partial charge in [-0.2, -0.15) is 0 Å². The zero-order chi connectivity index (χ0) is 16.9. The molecule has 22 heavy (non-hydrogen) atoms. The number of carboxylic acids is 2. The molecule has 0 heterocycles. The Morgan fingerprint density at radius 2 is 1.45 bits per heavy atom. The number of hydrogen-bond acceptors (Lipinski definition) is 4. The molecular weight excluding hydrogens is 292 g/mol. The molecule has 0 aliphatic rings. The van der Waals surface area contributed by atoms with Gasteiger partial charge in [-0.05, 0) is 24.3 Å². The van der Waals surface area contributed by atoms with Crippen molar-refractivity contribution in [2.24, 2.45) is 0 Å². The maximum Gasteiger partial charge on any atom is 0.338 e. The van der Waals surface area contributed by atoms with Crippen LogP contribution in [-0.2, 0) is 9.59 Å². The predicted molar refractivity (Wildman–Crippen MR) is 78.0 cm³/mol. The number of carbonyl (C=O) groups is 4. The number of anilines is 2. The second-order valence-corrected chi connectivity index (χ2v) is 3.91. The van der Waals surface area contributed by atoms with Crippen LogP contribution in [0.25, 0.3) is 0 Å². The van der Waals surface area contributed by atoms with Crippen LogP contribution < -0.4 is 10.6 Å². The van der Waals surface area contributed by atoms with Crippen LogP contribution in [0.4, 0.5) is 11.4 Å². The van der Waals surface area contributed by atoms with Crippen LogP contribution >= 0.6 is 0 Å². The van der Waals surface area contributed by atoms with E-state index in [0.29, 0.717) is 0 Å². The first-order valence-electron chi connectivity index (χ1n) is 5.82. The second kappa shape index (κ2) is 6.84. The normalized spacial score (nSPS) is 9.45. The molecule has 1 aromatic rings. The molecule has 114 valence electrons. The number of carboxylic acid groups (broad SMARTS) is 2. The van der Waals surface area contributed by atoms with Crippen molar-refractivity contribution >= 4 is 35.1 Å². The first kappa shape index (κ1) is 16.6. The Balaban J connectivity index is 3.60. The number of rotatable bonds is 6. The lowest BCUT2D eigenvalue weighted by molar-refractivity contribution is -0.112. The Hall–Kier alpha value is -3.42. The van der Waals surface area contributed by atoms with Crippen LogP contribution in [0.3, 0.4) is 0 Å². The molecular formula is C14H12N2O6. The van der Waals surface area contributed by atoms with Crippen molar-refractivity contribution in [3.63, 3.8) is 0 Å². The number of nitrogens with one attached hydrogen (secondary N) is 2. The summed E-state index contributed by atoms with van der Waals surface area (Å²) in [6, 6.07) is 2.17. The van der Waals surface area contributed by atoms with Crippen LogP contribution in [-0.4, -0.2) is 34.0 Å². The van der Waals surface area contributed by atoms with E-state index in [1.54, 1.807) is 0 Å². The van der Waals surface area contributed by atoms with E-state index in [4.69, 9.17) is 5.11 Å². The summed E-state index contributed by atoms with van der Waals surface area (Å²) in [5.74, 6) is -4.49. The molecule has 0 unspecified atom stereocenters. The van der Waals surface area contributed by atoms with Gasteiger partial charge in [-0.3, -0.25) is 9.59 Å². The molecule has 2 amide bonds. The average Bonchev–Trinajstić information content (AvgIpc) is 2.47. The van der Waals surface area contributed by atoms with Crippen molar-refractivity contribution in [2.45, 2.75) is 0 Å². The third kappa shape index (κ3) is 3.57. The lowest BCUT2D eigenvalue weighted by Gasteiger charge is -2.15. The molecule has 0 radical (unpaired) electrons. The van der Waals surface area contributed by atoms with Gasteiger partial charge in [0, 0.05) is 0 Å². The van der Waals surface area contributed by atoms with Gasteiger partial charge >= 0.3 is 11.9 Å². The largest absolute Gasteiger partial charge is 0.478 e. The number of hydrogen-bond donors (Lipinski definition) is 4. The average molecular weight is 304 g/mol.